The molecule has 3 heteroatoms. The van der Waals surface area contributed by atoms with Crippen molar-refractivity contribution in [2.45, 2.75) is 46.0 Å². The third-order valence-corrected chi connectivity index (χ3v) is 3.63. The lowest BCUT2D eigenvalue weighted by molar-refractivity contribution is 0.154. The Morgan fingerprint density at radius 2 is 1.95 bits per heavy atom. The van der Waals surface area contributed by atoms with E-state index in [1.807, 2.05) is 19.9 Å². The third-order valence-electron chi connectivity index (χ3n) is 3.35. The molecule has 0 bridgehead atoms. The van der Waals surface area contributed by atoms with E-state index in [2.05, 4.69) is 6.92 Å². The SMILES string of the molecule is COC[C@H](C)CCCc1cc(Cl)c(F)c(C(C)C)c1. The maximum absolute atomic E-state index is 13.8. The highest BCUT2D eigenvalue weighted by Crippen LogP contribution is 2.27. The molecule has 0 fully saturated rings. The Bertz CT molecular complexity index is 404. The van der Waals surface area contributed by atoms with E-state index in [-0.39, 0.29) is 16.8 Å². The van der Waals surface area contributed by atoms with E-state index in [0.29, 0.717) is 11.5 Å². The molecule has 1 aromatic rings. The predicted octanol–water partition coefficient (Wildman–Crippen LogP) is 5.21. The molecule has 19 heavy (non-hydrogen) atoms. The lowest BCUT2D eigenvalue weighted by Crippen LogP contribution is -2.04. The predicted molar refractivity (Wildman–Crippen MR) is 79.5 cm³/mol. The maximum Gasteiger partial charge on any atom is 0.145 e. The average molecular weight is 287 g/mol. The second-order valence-corrected chi connectivity index (χ2v) is 6.00. The van der Waals surface area contributed by atoms with E-state index in [9.17, 15) is 4.39 Å². The molecule has 0 radical (unpaired) electrons. The van der Waals surface area contributed by atoms with Crippen molar-refractivity contribution in [1.29, 1.82) is 0 Å². The van der Waals surface area contributed by atoms with E-state index in [1.165, 1.54) is 0 Å². The molecule has 0 aliphatic rings. The van der Waals surface area contributed by atoms with Crippen LogP contribution in [-0.2, 0) is 11.2 Å². The summed E-state index contributed by atoms with van der Waals surface area (Å²) in [6.07, 6.45) is 3.12. The molecule has 1 nitrogen and oxygen atoms in total. The second kappa shape index (κ2) is 7.86. The first-order valence-corrected chi connectivity index (χ1v) is 7.30. The van der Waals surface area contributed by atoms with E-state index < -0.39 is 0 Å². The zero-order valence-corrected chi connectivity index (χ0v) is 13.1. The second-order valence-electron chi connectivity index (χ2n) is 5.59. The van der Waals surface area contributed by atoms with Crippen LogP contribution >= 0.6 is 11.6 Å². The van der Waals surface area contributed by atoms with Crippen LogP contribution < -0.4 is 0 Å². The lowest BCUT2D eigenvalue weighted by atomic mass is 9.96. The monoisotopic (exact) mass is 286 g/mol. The Labute approximate surface area is 121 Å². The van der Waals surface area contributed by atoms with Gasteiger partial charge in [-0.25, -0.2) is 4.39 Å². The van der Waals surface area contributed by atoms with Gasteiger partial charge in [0.2, 0.25) is 0 Å². The van der Waals surface area contributed by atoms with Gasteiger partial charge in [-0.05, 0) is 48.3 Å². The molecule has 0 aliphatic heterocycles. The maximum atomic E-state index is 13.8. The smallest absolute Gasteiger partial charge is 0.145 e. The van der Waals surface area contributed by atoms with Crippen LogP contribution in [0.5, 0.6) is 0 Å². The van der Waals surface area contributed by atoms with Gasteiger partial charge in [0.1, 0.15) is 5.82 Å². The number of hydrogen-bond acceptors (Lipinski definition) is 1. The fourth-order valence-corrected chi connectivity index (χ4v) is 2.50. The number of hydrogen-bond donors (Lipinski definition) is 0. The molecule has 0 N–H and O–H groups in total. The summed E-state index contributed by atoms with van der Waals surface area (Å²) < 4.78 is 19.0. The summed E-state index contributed by atoms with van der Waals surface area (Å²) in [7, 11) is 1.73. The first-order valence-electron chi connectivity index (χ1n) is 6.92. The Morgan fingerprint density at radius 3 is 2.53 bits per heavy atom. The van der Waals surface area contributed by atoms with Gasteiger partial charge in [-0.3, -0.25) is 0 Å². The van der Waals surface area contributed by atoms with E-state index in [0.717, 1.165) is 31.4 Å². The van der Waals surface area contributed by atoms with Gasteiger partial charge in [0.15, 0.2) is 0 Å². The number of benzene rings is 1. The van der Waals surface area contributed by atoms with Crippen LogP contribution in [0.2, 0.25) is 5.02 Å². The summed E-state index contributed by atoms with van der Waals surface area (Å²) in [5, 5.41) is 0.242. The van der Waals surface area contributed by atoms with Crippen molar-refractivity contribution >= 4 is 11.6 Å². The van der Waals surface area contributed by atoms with Crippen molar-refractivity contribution in [1.82, 2.24) is 0 Å². The van der Waals surface area contributed by atoms with Gasteiger partial charge in [0, 0.05) is 13.7 Å². The van der Waals surface area contributed by atoms with Gasteiger partial charge in [-0.2, -0.15) is 0 Å². The summed E-state index contributed by atoms with van der Waals surface area (Å²) in [5.41, 5.74) is 1.84. The summed E-state index contributed by atoms with van der Waals surface area (Å²) in [6.45, 7) is 6.94. The van der Waals surface area contributed by atoms with Gasteiger partial charge >= 0.3 is 0 Å². The molecule has 0 aromatic heterocycles. The summed E-state index contributed by atoms with van der Waals surface area (Å²) in [4.78, 5) is 0. The molecular formula is C16H24ClFO. The minimum absolute atomic E-state index is 0.157. The van der Waals surface area contributed by atoms with Gasteiger partial charge in [-0.1, -0.05) is 38.4 Å². The minimum atomic E-state index is -0.270. The van der Waals surface area contributed by atoms with Crippen LogP contribution in [0, 0.1) is 11.7 Å². The normalized spacial score (nSPS) is 13.0. The fraction of sp³-hybridized carbons (Fsp3) is 0.625. The Kier molecular flexibility index (Phi) is 6.81. The van der Waals surface area contributed by atoms with E-state index in [1.54, 1.807) is 13.2 Å². The van der Waals surface area contributed by atoms with Crippen LogP contribution in [-0.4, -0.2) is 13.7 Å². The van der Waals surface area contributed by atoms with Crippen molar-refractivity contribution < 1.29 is 9.13 Å². The highest BCUT2D eigenvalue weighted by atomic mass is 35.5. The molecule has 0 saturated heterocycles. The molecule has 1 aromatic carbocycles. The van der Waals surface area contributed by atoms with Crippen LogP contribution in [0.3, 0.4) is 0 Å². The quantitative estimate of drug-likeness (QED) is 0.669. The van der Waals surface area contributed by atoms with E-state index >= 15 is 0 Å². The number of rotatable bonds is 7. The third kappa shape index (κ3) is 5.12. The highest BCUT2D eigenvalue weighted by molar-refractivity contribution is 6.30. The average Bonchev–Trinajstić information content (AvgIpc) is 2.33. The van der Waals surface area contributed by atoms with Crippen LogP contribution in [0.1, 0.15) is 50.7 Å². The van der Waals surface area contributed by atoms with Crippen molar-refractivity contribution in [2.24, 2.45) is 5.92 Å². The standard InChI is InChI=1S/C16H24ClFO/c1-11(2)14-8-13(9-15(17)16(14)18)7-5-6-12(3)10-19-4/h8-9,11-12H,5-7,10H2,1-4H3/t12-/m1/s1. The Morgan fingerprint density at radius 1 is 1.26 bits per heavy atom. The van der Waals surface area contributed by atoms with Crippen molar-refractivity contribution in [2.75, 3.05) is 13.7 Å². The number of aryl methyl sites for hydroxylation is 1. The molecule has 0 spiro atoms. The fourth-order valence-electron chi connectivity index (χ4n) is 2.26. The Balaban J connectivity index is 2.64. The molecule has 0 amide bonds. The molecule has 0 unspecified atom stereocenters. The van der Waals surface area contributed by atoms with Gasteiger partial charge in [-0.15, -0.1) is 0 Å². The molecule has 0 heterocycles. The highest BCUT2D eigenvalue weighted by Gasteiger charge is 2.12. The van der Waals surface area contributed by atoms with Gasteiger partial charge in [0.25, 0.3) is 0 Å². The van der Waals surface area contributed by atoms with Gasteiger partial charge in [0.05, 0.1) is 5.02 Å². The lowest BCUT2D eigenvalue weighted by Gasteiger charge is -2.13. The van der Waals surface area contributed by atoms with Crippen molar-refractivity contribution in [3.05, 3.63) is 34.1 Å². The van der Waals surface area contributed by atoms with Crippen molar-refractivity contribution in [3.63, 3.8) is 0 Å². The first-order chi connectivity index (χ1) is 8.95. The minimum Gasteiger partial charge on any atom is -0.384 e. The van der Waals surface area contributed by atoms with Crippen LogP contribution in [0.4, 0.5) is 4.39 Å². The molecule has 0 saturated carbocycles. The molecule has 1 atom stereocenters. The molecule has 108 valence electrons. The van der Waals surface area contributed by atoms with E-state index in [4.69, 9.17) is 16.3 Å². The topological polar surface area (TPSA) is 9.23 Å². The molecule has 0 aliphatic carbocycles. The molecular weight excluding hydrogens is 263 g/mol. The summed E-state index contributed by atoms with van der Waals surface area (Å²) >= 11 is 5.96. The van der Waals surface area contributed by atoms with Crippen molar-refractivity contribution in [3.8, 4) is 0 Å². The largest absolute Gasteiger partial charge is 0.384 e. The zero-order valence-electron chi connectivity index (χ0n) is 12.3. The Hall–Kier alpha value is -0.600. The van der Waals surface area contributed by atoms with Gasteiger partial charge < -0.3 is 4.74 Å². The first kappa shape index (κ1) is 16.5. The van der Waals surface area contributed by atoms with Crippen LogP contribution in [0.25, 0.3) is 0 Å². The van der Waals surface area contributed by atoms with Crippen LogP contribution in [0.15, 0.2) is 12.1 Å². The molecule has 1 rings (SSSR count). The summed E-state index contributed by atoms with van der Waals surface area (Å²) in [5.74, 6) is 0.448. The number of ether oxygens (including phenoxy) is 1. The summed E-state index contributed by atoms with van der Waals surface area (Å²) in [6, 6.07) is 3.70. The number of methoxy groups -OCH3 is 1. The number of halogens is 2. The zero-order chi connectivity index (χ0) is 14.4.